The predicted octanol–water partition coefficient (Wildman–Crippen LogP) is 1.86. The molecule has 1 N–H and O–H groups in total. The van der Waals surface area contributed by atoms with Crippen molar-refractivity contribution in [2.24, 2.45) is 0 Å². The lowest BCUT2D eigenvalue weighted by Crippen LogP contribution is -2.20. The first-order valence-corrected chi connectivity index (χ1v) is 3.18. The van der Waals surface area contributed by atoms with E-state index in [4.69, 9.17) is 0 Å². The van der Waals surface area contributed by atoms with E-state index in [9.17, 15) is 4.39 Å². The van der Waals surface area contributed by atoms with Crippen LogP contribution in [0, 0.1) is 0 Å². The van der Waals surface area contributed by atoms with Gasteiger partial charge in [0.1, 0.15) is 0 Å². The first kappa shape index (κ1) is 8.63. The van der Waals surface area contributed by atoms with Crippen LogP contribution in [0.15, 0.2) is 11.9 Å². The summed E-state index contributed by atoms with van der Waals surface area (Å²) in [4.78, 5) is 0. The number of allylic oxidation sites excluding steroid dienone is 1. The summed E-state index contributed by atoms with van der Waals surface area (Å²) in [7, 11) is 1.83. The smallest absolute Gasteiger partial charge is 0.0972 e. The Morgan fingerprint density at radius 2 is 2.33 bits per heavy atom. The Bertz CT molecular complexity index is 99.1. The Morgan fingerprint density at radius 3 is 2.67 bits per heavy atom. The minimum atomic E-state index is -0.0446. The van der Waals surface area contributed by atoms with Crippen LogP contribution >= 0.6 is 0 Å². The summed E-state index contributed by atoms with van der Waals surface area (Å²) in [6, 6.07) is 0.237. The van der Waals surface area contributed by atoms with Gasteiger partial charge in [0.15, 0.2) is 0 Å². The zero-order valence-corrected chi connectivity index (χ0v) is 6.24. The highest BCUT2D eigenvalue weighted by atomic mass is 19.1. The number of hydrogen-bond acceptors (Lipinski definition) is 1. The molecular formula is C7H14FN. The van der Waals surface area contributed by atoms with Crippen molar-refractivity contribution >= 4 is 0 Å². The molecule has 0 bridgehead atoms. The number of hydrogen-bond donors (Lipinski definition) is 1. The van der Waals surface area contributed by atoms with Crippen molar-refractivity contribution < 1.29 is 4.39 Å². The molecular weight excluding hydrogens is 117 g/mol. The second-order valence-electron chi connectivity index (χ2n) is 2.13. The van der Waals surface area contributed by atoms with E-state index >= 15 is 0 Å². The number of nitrogens with one attached hydrogen (secondary N) is 1. The van der Waals surface area contributed by atoms with Crippen LogP contribution in [0.25, 0.3) is 0 Å². The van der Waals surface area contributed by atoms with E-state index < -0.39 is 0 Å². The predicted molar refractivity (Wildman–Crippen MR) is 38.0 cm³/mol. The summed E-state index contributed by atoms with van der Waals surface area (Å²) < 4.78 is 12.4. The fourth-order valence-electron chi connectivity index (χ4n) is 0.512. The Labute approximate surface area is 56.0 Å². The molecule has 0 aromatic carbocycles. The number of rotatable bonds is 3. The maximum Gasteiger partial charge on any atom is 0.0972 e. The second kappa shape index (κ2) is 4.50. The lowest BCUT2D eigenvalue weighted by molar-refractivity contribution is 0.510. The summed E-state index contributed by atoms with van der Waals surface area (Å²) in [5, 5.41) is 2.95. The quantitative estimate of drug-likeness (QED) is 0.616. The molecule has 0 aromatic rings. The van der Waals surface area contributed by atoms with Crippen molar-refractivity contribution in [3.8, 4) is 0 Å². The van der Waals surface area contributed by atoms with Gasteiger partial charge in [-0.3, -0.25) is 0 Å². The molecule has 2 heteroatoms. The summed E-state index contributed by atoms with van der Waals surface area (Å²) in [5.74, 6) is -0.0446. The Hall–Kier alpha value is -0.370. The van der Waals surface area contributed by atoms with E-state index in [0.717, 1.165) is 0 Å². The van der Waals surface area contributed by atoms with Crippen LogP contribution in [0.4, 0.5) is 4.39 Å². The van der Waals surface area contributed by atoms with Crippen LogP contribution in [0.5, 0.6) is 0 Å². The molecule has 0 saturated heterocycles. The minimum absolute atomic E-state index is 0.0446. The van der Waals surface area contributed by atoms with E-state index in [2.05, 4.69) is 5.32 Å². The van der Waals surface area contributed by atoms with Crippen molar-refractivity contribution in [3.05, 3.63) is 11.9 Å². The normalized spacial score (nSPS) is 15.8. The molecule has 0 rings (SSSR count). The molecule has 0 aliphatic carbocycles. The minimum Gasteiger partial charge on any atom is -0.317 e. The molecule has 0 radical (unpaired) electrons. The second-order valence-corrected chi connectivity index (χ2v) is 2.13. The fourth-order valence-corrected chi connectivity index (χ4v) is 0.512. The van der Waals surface area contributed by atoms with E-state index in [1.165, 1.54) is 6.08 Å². The summed E-state index contributed by atoms with van der Waals surface area (Å²) in [6.07, 6.45) is 1.99. The van der Waals surface area contributed by atoms with E-state index in [1.807, 2.05) is 14.0 Å². The van der Waals surface area contributed by atoms with Gasteiger partial charge in [-0.1, -0.05) is 6.08 Å². The van der Waals surface area contributed by atoms with Gasteiger partial charge < -0.3 is 5.32 Å². The van der Waals surface area contributed by atoms with Crippen molar-refractivity contribution in [1.82, 2.24) is 5.32 Å². The van der Waals surface area contributed by atoms with Gasteiger partial charge >= 0.3 is 0 Å². The molecule has 0 fully saturated rings. The van der Waals surface area contributed by atoms with Crippen LogP contribution in [0.2, 0.25) is 0 Å². The van der Waals surface area contributed by atoms with Gasteiger partial charge in [-0.05, 0) is 20.9 Å². The molecule has 0 aliphatic heterocycles. The third-order valence-electron chi connectivity index (χ3n) is 1.31. The summed E-state index contributed by atoms with van der Waals surface area (Å²) >= 11 is 0. The van der Waals surface area contributed by atoms with Gasteiger partial charge in [-0.25, -0.2) is 4.39 Å². The highest BCUT2D eigenvalue weighted by Gasteiger charge is 1.99. The highest BCUT2D eigenvalue weighted by molar-refractivity contribution is 4.91. The Balaban J connectivity index is 3.47. The van der Waals surface area contributed by atoms with Crippen molar-refractivity contribution in [3.63, 3.8) is 0 Å². The van der Waals surface area contributed by atoms with E-state index in [0.29, 0.717) is 6.42 Å². The molecule has 0 aliphatic rings. The molecule has 0 amide bonds. The highest BCUT2D eigenvalue weighted by Crippen LogP contribution is 2.04. The molecule has 1 atom stereocenters. The Morgan fingerprint density at radius 1 is 1.78 bits per heavy atom. The molecule has 0 aromatic heterocycles. The van der Waals surface area contributed by atoms with E-state index in [-0.39, 0.29) is 11.9 Å². The van der Waals surface area contributed by atoms with Crippen LogP contribution < -0.4 is 5.32 Å². The van der Waals surface area contributed by atoms with Crippen molar-refractivity contribution in [1.29, 1.82) is 0 Å². The zero-order valence-electron chi connectivity index (χ0n) is 6.24. The third kappa shape index (κ3) is 4.15. The molecule has 0 heterocycles. The summed E-state index contributed by atoms with van der Waals surface area (Å²) in [6.45, 7) is 3.65. The molecule has 9 heavy (non-hydrogen) atoms. The van der Waals surface area contributed by atoms with Gasteiger partial charge in [0.2, 0.25) is 0 Å². The maximum absolute atomic E-state index is 12.4. The SMILES string of the molecule is C/C=C(\F)CC(C)NC. The van der Waals surface area contributed by atoms with Gasteiger partial charge in [0.25, 0.3) is 0 Å². The van der Waals surface area contributed by atoms with Crippen LogP contribution in [-0.4, -0.2) is 13.1 Å². The monoisotopic (exact) mass is 131 g/mol. The Kier molecular flexibility index (Phi) is 4.32. The standard InChI is InChI=1S/C7H14FN/c1-4-7(8)5-6(2)9-3/h4,6,9H,5H2,1-3H3/b7-4-. The first-order valence-electron chi connectivity index (χ1n) is 3.18. The number of halogens is 1. The van der Waals surface area contributed by atoms with Crippen LogP contribution in [0.3, 0.4) is 0 Å². The third-order valence-corrected chi connectivity index (χ3v) is 1.31. The fraction of sp³-hybridized carbons (Fsp3) is 0.714. The largest absolute Gasteiger partial charge is 0.317 e. The van der Waals surface area contributed by atoms with Crippen molar-refractivity contribution in [2.75, 3.05) is 7.05 Å². The molecule has 1 unspecified atom stereocenters. The van der Waals surface area contributed by atoms with Crippen LogP contribution in [0.1, 0.15) is 20.3 Å². The zero-order chi connectivity index (χ0) is 7.28. The lowest BCUT2D eigenvalue weighted by Gasteiger charge is -2.06. The average Bonchev–Trinajstić information content (AvgIpc) is 1.87. The summed E-state index contributed by atoms with van der Waals surface area (Å²) in [5.41, 5.74) is 0. The van der Waals surface area contributed by atoms with Gasteiger partial charge in [-0.2, -0.15) is 0 Å². The molecule has 1 nitrogen and oxygen atoms in total. The van der Waals surface area contributed by atoms with Gasteiger partial charge in [0, 0.05) is 12.5 Å². The topological polar surface area (TPSA) is 12.0 Å². The van der Waals surface area contributed by atoms with Crippen LogP contribution in [-0.2, 0) is 0 Å². The first-order chi connectivity index (χ1) is 4.20. The van der Waals surface area contributed by atoms with E-state index in [1.54, 1.807) is 6.92 Å². The van der Waals surface area contributed by atoms with Gasteiger partial charge in [0.05, 0.1) is 5.83 Å². The molecule has 0 spiro atoms. The van der Waals surface area contributed by atoms with Gasteiger partial charge in [-0.15, -0.1) is 0 Å². The maximum atomic E-state index is 12.4. The molecule has 0 saturated carbocycles. The molecule has 54 valence electrons. The average molecular weight is 131 g/mol. The van der Waals surface area contributed by atoms with Crippen molar-refractivity contribution in [2.45, 2.75) is 26.3 Å². The lowest BCUT2D eigenvalue weighted by atomic mass is 10.2.